The highest BCUT2D eigenvalue weighted by atomic mass is 16.6. The highest BCUT2D eigenvalue weighted by Crippen LogP contribution is 2.29. The lowest BCUT2D eigenvalue weighted by atomic mass is 10.2. The molecule has 0 saturated heterocycles. The lowest BCUT2D eigenvalue weighted by Gasteiger charge is -2.19. The third kappa shape index (κ3) is 4.37. The zero-order valence-corrected chi connectivity index (χ0v) is 14.5. The number of benzene rings is 2. The minimum atomic E-state index is -1.13. The van der Waals surface area contributed by atoms with E-state index in [9.17, 15) is 24.5 Å². The molecule has 2 aromatic carbocycles. The Balaban J connectivity index is 2.28. The van der Waals surface area contributed by atoms with E-state index < -0.39 is 22.6 Å². The van der Waals surface area contributed by atoms with Crippen molar-refractivity contribution in [3.05, 3.63) is 52.6 Å². The van der Waals surface area contributed by atoms with Crippen molar-refractivity contribution in [1.29, 1.82) is 0 Å². The number of nitrogens with zero attached hydrogens (tertiary/aromatic N) is 2. The molecule has 0 heterocycles. The lowest BCUT2D eigenvalue weighted by Crippen LogP contribution is -2.42. The predicted molar refractivity (Wildman–Crippen MR) is 97.3 cm³/mol. The number of imide groups is 1. The fourth-order valence-corrected chi connectivity index (χ4v) is 2.24. The van der Waals surface area contributed by atoms with Crippen LogP contribution in [0.3, 0.4) is 0 Å². The molecule has 2 aromatic rings. The average molecular weight is 372 g/mol. The van der Waals surface area contributed by atoms with Crippen molar-refractivity contribution in [3.8, 4) is 5.75 Å². The minimum Gasteiger partial charge on any atom is -0.494 e. The molecule has 2 rings (SSSR count). The van der Waals surface area contributed by atoms with Gasteiger partial charge in [0.15, 0.2) is 0 Å². The molecule has 0 aliphatic heterocycles. The summed E-state index contributed by atoms with van der Waals surface area (Å²) in [5.41, 5.74) is 5.97. The van der Waals surface area contributed by atoms with Gasteiger partial charge in [-0.25, -0.2) is 4.90 Å². The Morgan fingerprint density at radius 1 is 1.15 bits per heavy atom. The maximum Gasteiger partial charge on any atom is 0.323 e. The van der Waals surface area contributed by atoms with Crippen LogP contribution in [0.15, 0.2) is 42.5 Å². The SMILES string of the molecule is COc1cc([N+](=O)[O-])ccc1NC(=O)C(=O)N(C(C)=O)c1ccc(N)cc1. The van der Waals surface area contributed by atoms with Crippen LogP contribution in [0.1, 0.15) is 6.92 Å². The summed E-state index contributed by atoms with van der Waals surface area (Å²) < 4.78 is 5.00. The number of hydrogen-bond donors (Lipinski definition) is 2. The molecule has 0 bridgehead atoms. The van der Waals surface area contributed by atoms with E-state index in [1.54, 1.807) is 0 Å². The standard InChI is InChI=1S/C17H16N4O6/c1-10(22)20(12-5-3-11(18)4-6-12)17(24)16(23)19-14-8-7-13(21(25)26)9-15(14)27-2/h3-9H,18H2,1-2H3,(H,19,23). The molecule has 27 heavy (non-hydrogen) atoms. The Labute approximate surface area is 153 Å². The molecular formula is C17H16N4O6. The van der Waals surface area contributed by atoms with Crippen LogP contribution >= 0.6 is 0 Å². The molecule has 0 radical (unpaired) electrons. The van der Waals surface area contributed by atoms with Gasteiger partial charge in [0.05, 0.1) is 29.5 Å². The number of nitro benzene ring substituents is 1. The largest absolute Gasteiger partial charge is 0.494 e. The zero-order chi connectivity index (χ0) is 20.1. The molecule has 3 amide bonds. The second-order valence-electron chi connectivity index (χ2n) is 5.35. The van der Waals surface area contributed by atoms with E-state index in [0.717, 1.165) is 19.1 Å². The smallest absolute Gasteiger partial charge is 0.323 e. The topological polar surface area (TPSA) is 145 Å². The molecule has 0 saturated carbocycles. The summed E-state index contributed by atoms with van der Waals surface area (Å²) in [6, 6.07) is 9.28. The number of amides is 3. The first-order chi connectivity index (χ1) is 12.7. The first kappa shape index (κ1) is 19.4. The van der Waals surface area contributed by atoms with Crippen molar-refractivity contribution >= 4 is 40.5 Å². The number of carbonyl (C=O) groups is 3. The molecule has 0 spiro atoms. The van der Waals surface area contributed by atoms with Crippen molar-refractivity contribution in [3.63, 3.8) is 0 Å². The van der Waals surface area contributed by atoms with Gasteiger partial charge in [0.1, 0.15) is 5.75 Å². The van der Waals surface area contributed by atoms with Gasteiger partial charge < -0.3 is 15.8 Å². The molecule has 140 valence electrons. The van der Waals surface area contributed by atoms with Crippen LogP contribution in [-0.2, 0) is 14.4 Å². The number of carbonyl (C=O) groups excluding carboxylic acids is 3. The highest BCUT2D eigenvalue weighted by molar-refractivity contribution is 6.48. The second-order valence-corrected chi connectivity index (χ2v) is 5.35. The Bertz CT molecular complexity index is 910. The number of rotatable bonds is 4. The van der Waals surface area contributed by atoms with E-state index in [4.69, 9.17) is 10.5 Å². The first-order valence-corrected chi connectivity index (χ1v) is 7.58. The number of nitrogens with two attached hydrogens (primary N) is 1. The summed E-state index contributed by atoms with van der Waals surface area (Å²) in [4.78, 5) is 47.5. The van der Waals surface area contributed by atoms with E-state index in [1.165, 1.54) is 37.4 Å². The minimum absolute atomic E-state index is 0.00721. The molecule has 0 atom stereocenters. The normalized spacial score (nSPS) is 10.0. The van der Waals surface area contributed by atoms with E-state index in [0.29, 0.717) is 10.6 Å². The molecule has 0 aromatic heterocycles. The molecule has 0 aliphatic rings. The van der Waals surface area contributed by atoms with Gasteiger partial charge >= 0.3 is 11.8 Å². The molecule has 0 fully saturated rings. The lowest BCUT2D eigenvalue weighted by molar-refractivity contribution is -0.384. The van der Waals surface area contributed by atoms with Gasteiger partial charge in [0.25, 0.3) is 5.69 Å². The number of anilines is 3. The van der Waals surface area contributed by atoms with Crippen molar-refractivity contribution in [2.24, 2.45) is 0 Å². The number of ether oxygens (including phenoxy) is 1. The summed E-state index contributed by atoms with van der Waals surface area (Å²) >= 11 is 0. The maximum absolute atomic E-state index is 12.5. The van der Waals surface area contributed by atoms with Gasteiger partial charge in [-0.15, -0.1) is 0 Å². The van der Waals surface area contributed by atoms with E-state index in [-0.39, 0.29) is 22.8 Å². The van der Waals surface area contributed by atoms with Crippen LogP contribution in [0, 0.1) is 10.1 Å². The van der Waals surface area contributed by atoms with Gasteiger partial charge in [-0.1, -0.05) is 0 Å². The summed E-state index contributed by atoms with van der Waals surface area (Å²) in [5, 5.41) is 13.1. The third-order valence-electron chi connectivity index (χ3n) is 3.51. The summed E-state index contributed by atoms with van der Waals surface area (Å²) in [6.07, 6.45) is 0. The van der Waals surface area contributed by atoms with Gasteiger partial charge in [0.2, 0.25) is 5.91 Å². The fourth-order valence-electron chi connectivity index (χ4n) is 2.24. The second kappa shape index (κ2) is 7.95. The highest BCUT2D eigenvalue weighted by Gasteiger charge is 2.27. The molecule has 3 N–H and O–H groups in total. The summed E-state index contributed by atoms with van der Waals surface area (Å²) in [6.45, 7) is 1.13. The molecule has 0 aliphatic carbocycles. The Morgan fingerprint density at radius 2 is 1.78 bits per heavy atom. The zero-order valence-electron chi connectivity index (χ0n) is 14.5. The van der Waals surface area contributed by atoms with E-state index in [2.05, 4.69) is 5.32 Å². The van der Waals surface area contributed by atoms with Crippen LogP contribution in [0.2, 0.25) is 0 Å². The fraction of sp³-hybridized carbons (Fsp3) is 0.118. The van der Waals surface area contributed by atoms with Crippen LogP contribution < -0.4 is 20.7 Å². The monoisotopic (exact) mass is 372 g/mol. The quantitative estimate of drug-likeness (QED) is 0.359. The summed E-state index contributed by atoms with van der Waals surface area (Å²) in [5.74, 6) is -2.93. The van der Waals surface area contributed by atoms with Gasteiger partial charge in [-0.3, -0.25) is 24.5 Å². The molecule has 10 heteroatoms. The number of non-ortho nitro benzene ring substituents is 1. The first-order valence-electron chi connectivity index (χ1n) is 7.58. The van der Waals surface area contributed by atoms with E-state index in [1.807, 2.05) is 0 Å². The number of methoxy groups -OCH3 is 1. The Morgan fingerprint density at radius 3 is 2.30 bits per heavy atom. The molecule has 0 unspecified atom stereocenters. The van der Waals surface area contributed by atoms with Crippen molar-refractivity contribution in [2.75, 3.05) is 23.1 Å². The van der Waals surface area contributed by atoms with Crippen molar-refractivity contribution < 1.29 is 24.0 Å². The van der Waals surface area contributed by atoms with Crippen LogP contribution in [0.5, 0.6) is 5.75 Å². The number of nitrogen functional groups attached to an aromatic ring is 1. The molecule has 10 nitrogen and oxygen atoms in total. The van der Waals surface area contributed by atoms with Gasteiger partial charge in [-0.05, 0) is 30.3 Å². The van der Waals surface area contributed by atoms with Crippen LogP contribution in [0.25, 0.3) is 0 Å². The van der Waals surface area contributed by atoms with Crippen molar-refractivity contribution in [1.82, 2.24) is 0 Å². The maximum atomic E-state index is 12.5. The average Bonchev–Trinajstić information content (AvgIpc) is 2.63. The van der Waals surface area contributed by atoms with Crippen molar-refractivity contribution in [2.45, 2.75) is 6.92 Å². The van der Waals surface area contributed by atoms with E-state index >= 15 is 0 Å². The number of hydrogen-bond acceptors (Lipinski definition) is 7. The molecular weight excluding hydrogens is 356 g/mol. The van der Waals surface area contributed by atoms with Crippen LogP contribution in [-0.4, -0.2) is 29.8 Å². The summed E-state index contributed by atoms with van der Waals surface area (Å²) in [7, 11) is 1.26. The Hall–Kier alpha value is -3.95. The number of nitro groups is 1. The number of nitrogens with one attached hydrogen (secondary N) is 1. The van der Waals surface area contributed by atoms with Crippen LogP contribution in [0.4, 0.5) is 22.7 Å². The van der Waals surface area contributed by atoms with Gasteiger partial charge in [-0.2, -0.15) is 0 Å². The van der Waals surface area contributed by atoms with Gasteiger partial charge in [0, 0.05) is 18.7 Å². The predicted octanol–water partition coefficient (Wildman–Crippen LogP) is 1.70. The Kier molecular flexibility index (Phi) is 5.71. The third-order valence-corrected chi connectivity index (χ3v) is 3.51.